The second kappa shape index (κ2) is 5.60. The van der Waals surface area contributed by atoms with Crippen molar-refractivity contribution < 1.29 is 15.0 Å². The lowest BCUT2D eigenvalue weighted by molar-refractivity contribution is 0.0693. The minimum absolute atomic E-state index is 0.0483. The highest BCUT2D eigenvalue weighted by molar-refractivity contribution is 5.93. The summed E-state index contributed by atoms with van der Waals surface area (Å²) in [6.45, 7) is 6.03. The molecular formula is C18H20O3. The molecule has 0 heterocycles. The standard InChI is InChI=1S/C18H20O3/c1-4-18(2,3)15-11-13(12-8-6-5-7-9-12)10-14(16(15)19)17(20)21/h5-11,19H,4H2,1-3H3,(H,20,21). The van der Waals surface area contributed by atoms with Crippen molar-refractivity contribution in [3.05, 3.63) is 53.6 Å². The molecule has 0 aromatic heterocycles. The Morgan fingerprint density at radius 1 is 1.10 bits per heavy atom. The van der Waals surface area contributed by atoms with Gasteiger partial charge in [0.1, 0.15) is 11.3 Å². The molecule has 3 nitrogen and oxygen atoms in total. The molecule has 2 N–H and O–H groups in total. The molecule has 0 atom stereocenters. The van der Waals surface area contributed by atoms with Crippen LogP contribution >= 0.6 is 0 Å². The number of rotatable bonds is 4. The smallest absolute Gasteiger partial charge is 0.339 e. The molecule has 110 valence electrons. The van der Waals surface area contributed by atoms with Gasteiger partial charge in [0.15, 0.2) is 0 Å². The maximum absolute atomic E-state index is 11.4. The number of carboxylic acid groups (broad SMARTS) is 1. The topological polar surface area (TPSA) is 57.5 Å². The Hall–Kier alpha value is -2.29. The number of carboxylic acids is 1. The summed E-state index contributed by atoms with van der Waals surface area (Å²) in [7, 11) is 0. The van der Waals surface area contributed by atoms with E-state index in [-0.39, 0.29) is 16.7 Å². The summed E-state index contributed by atoms with van der Waals surface area (Å²) in [6, 6.07) is 13.0. The lowest BCUT2D eigenvalue weighted by Gasteiger charge is -2.26. The third-order valence-electron chi connectivity index (χ3n) is 4.06. The molecule has 0 aliphatic rings. The van der Waals surface area contributed by atoms with E-state index in [4.69, 9.17) is 0 Å². The monoisotopic (exact) mass is 284 g/mol. The molecule has 21 heavy (non-hydrogen) atoms. The largest absolute Gasteiger partial charge is 0.507 e. The van der Waals surface area contributed by atoms with Crippen molar-refractivity contribution in [2.75, 3.05) is 0 Å². The first kappa shape index (κ1) is 15.1. The molecule has 0 aliphatic carbocycles. The van der Waals surface area contributed by atoms with Crippen molar-refractivity contribution >= 4 is 5.97 Å². The highest BCUT2D eigenvalue weighted by Crippen LogP contribution is 2.39. The lowest BCUT2D eigenvalue weighted by Crippen LogP contribution is -2.17. The van der Waals surface area contributed by atoms with Gasteiger partial charge >= 0.3 is 5.97 Å². The van der Waals surface area contributed by atoms with Crippen molar-refractivity contribution in [2.45, 2.75) is 32.6 Å². The first-order valence-electron chi connectivity index (χ1n) is 7.03. The normalized spacial score (nSPS) is 11.4. The number of carbonyl (C=O) groups is 1. The zero-order valence-electron chi connectivity index (χ0n) is 12.6. The highest BCUT2D eigenvalue weighted by Gasteiger charge is 2.26. The second-order valence-corrected chi connectivity index (χ2v) is 5.83. The number of benzene rings is 2. The lowest BCUT2D eigenvalue weighted by atomic mass is 9.79. The number of hydrogen-bond acceptors (Lipinski definition) is 2. The third-order valence-corrected chi connectivity index (χ3v) is 4.06. The van der Waals surface area contributed by atoms with Crippen molar-refractivity contribution in [1.29, 1.82) is 0 Å². The van der Waals surface area contributed by atoms with Crippen LogP contribution in [-0.4, -0.2) is 16.2 Å². The van der Waals surface area contributed by atoms with Crippen LogP contribution in [0.2, 0.25) is 0 Å². The zero-order chi connectivity index (χ0) is 15.6. The highest BCUT2D eigenvalue weighted by atomic mass is 16.4. The van der Waals surface area contributed by atoms with E-state index in [1.165, 1.54) is 6.07 Å². The van der Waals surface area contributed by atoms with Crippen molar-refractivity contribution in [1.82, 2.24) is 0 Å². The van der Waals surface area contributed by atoms with Crippen LogP contribution in [0.25, 0.3) is 11.1 Å². The van der Waals surface area contributed by atoms with Crippen LogP contribution in [0.15, 0.2) is 42.5 Å². The second-order valence-electron chi connectivity index (χ2n) is 5.83. The molecule has 3 heteroatoms. The molecule has 0 radical (unpaired) electrons. The van der Waals surface area contributed by atoms with Crippen LogP contribution in [0, 0.1) is 0 Å². The maximum Gasteiger partial charge on any atom is 0.339 e. The summed E-state index contributed by atoms with van der Waals surface area (Å²) in [6.07, 6.45) is 0.803. The molecule has 0 unspecified atom stereocenters. The number of aromatic carboxylic acids is 1. The van der Waals surface area contributed by atoms with Gasteiger partial charge in [-0.3, -0.25) is 0 Å². The number of phenols is 1. The van der Waals surface area contributed by atoms with Crippen molar-refractivity contribution in [3.63, 3.8) is 0 Å². The summed E-state index contributed by atoms with van der Waals surface area (Å²) in [5.74, 6) is -1.24. The minimum atomic E-state index is -1.11. The van der Waals surface area contributed by atoms with Gasteiger partial charge in [0.05, 0.1) is 0 Å². The van der Waals surface area contributed by atoms with Crippen LogP contribution in [0.1, 0.15) is 43.1 Å². The quantitative estimate of drug-likeness (QED) is 0.872. The fourth-order valence-electron chi connectivity index (χ4n) is 2.30. The summed E-state index contributed by atoms with van der Waals surface area (Å²) in [5, 5.41) is 19.7. The van der Waals surface area contributed by atoms with E-state index in [1.54, 1.807) is 0 Å². The Morgan fingerprint density at radius 2 is 1.71 bits per heavy atom. The molecule has 0 fully saturated rings. The Bertz CT molecular complexity index is 658. The SMILES string of the molecule is CCC(C)(C)c1cc(-c2ccccc2)cc(C(=O)O)c1O. The maximum atomic E-state index is 11.4. The van der Waals surface area contributed by atoms with Gasteiger partial charge in [-0.05, 0) is 35.1 Å². The average molecular weight is 284 g/mol. The van der Waals surface area contributed by atoms with Crippen LogP contribution in [-0.2, 0) is 5.41 Å². The van der Waals surface area contributed by atoms with E-state index in [2.05, 4.69) is 0 Å². The molecule has 2 aromatic rings. The van der Waals surface area contributed by atoms with Gasteiger partial charge in [-0.2, -0.15) is 0 Å². The Labute approximate surface area is 124 Å². The van der Waals surface area contributed by atoms with Gasteiger partial charge in [-0.15, -0.1) is 0 Å². The molecule has 2 aromatic carbocycles. The molecule has 0 amide bonds. The fraction of sp³-hybridized carbons (Fsp3) is 0.278. The van der Waals surface area contributed by atoms with Gasteiger partial charge in [0.2, 0.25) is 0 Å². The number of aromatic hydroxyl groups is 1. The van der Waals surface area contributed by atoms with Gasteiger partial charge in [0.25, 0.3) is 0 Å². The average Bonchev–Trinajstić information content (AvgIpc) is 2.48. The van der Waals surface area contributed by atoms with E-state index in [1.807, 2.05) is 57.2 Å². The molecule has 0 spiro atoms. The summed E-state index contributed by atoms with van der Waals surface area (Å²) in [4.78, 5) is 11.4. The molecule has 0 bridgehead atoms. The Balaban J connectivity index is 2.72. The van der Waals surface area contributed by atoms with Crippen molar-refractivity contribution in [2.24, 2.45) is 0 Å². The third kappa shape index (κ3) is 2.92. The van der Waals surface area contributed by atoms with Gasteiger partial charge in [-0.25, -0.2) is 4.79 Å². The van der Waals surface area contributed by atoms with E-state index >= 15 is 0 Å². The molecule has 0 saturated heterocycles. The van der Waals surface area contributed by atoms with Gasteiger partial charge in [0, 0.05) is 5.56 Å². The van der Waals surface area contributed by atoms with E-state index in [9.17, 15) is 15.0 Å². The first-order valence-corrected chi connectivity index (χ1v) is 7.03. The first-order chi connectivity index (χ1) is 9.86. The summed E-state index contributed by atoms with van der Waals surface area (Å²) in [5.41, 5.74) is 2.08. The predicted molar refractivity (Wildman–Crippen MR) is 83.8 cm³/mol. The van der Waals surface area contributed by atoms with E-state index in [0.29, 0.717) is 5.56 Å². The van der Waals surface area contributed by atoms with Crippen LogP contribution in [0.4, 0.5) is 0 Å². The van der Waals surface area contributed by atoms with Crippen molar-refractivity contribution in [3.8, 4) is 16.9 Å². The number of hydrogen-bond donors (Lipinski definition) is 2. The summed E-state index contributed by atoms with van der Waals surface area (Å²) >= 11 is 0. The Morgan fingerprint density at radius 3 is 2.24 bits per heavy atom. The van der Waals surface area contributed by atoms with E-state index < -0.39 is 5.97 Å². The summed E-state index contributed by atoms with van der Waals surface area (Å²) < 4.78 is 0. The van der Waals surface area contributed by atoms with Crippen LogP contribution < -0.4 is 0 Å². The zero-order valence-corrected chi connectivity index (χ0v) is 12.6. The minimum Gasteiger partial charge on any atom is -0.507 e. The predicted octanol–water partition coefficient (Wildman–Crippen LogP) is 4.45. The molecule has 2 rings (SSSR count). The Kier molecular flexibility index (Phi) is 4.03. The molecule has 0 saturated carbocycles. The molecule has 0 aliphatic heterocycles. The molecular weight excluding hydrogens is 264 g/mol. The fourth-order valence-corrected chi connectivity index (χ4v) is 2.30. The van der Waals surface area contributed by atoms with Gasteiger partial charge < -0.3 is 10.2 Å². The van der Waals surface area contributed by atoms with E-state index in [0.717, 1.165) is 17.5 Å². The van der Waals surface area contributed by atoms with Gasteiger partial charge in [-0.1, -0.05) is 51.1 Å². The van der Waals surface area contributed by atoms with Crippen LogP contribution in [0.3, 0.4) is 0 Å². The van der Waals surface area contributed by atoms with Crippen LogP contribution in [0.5, 0.6) is 5.75 Å².